The molecule has 3 aromatic carbocycles. The van der Waals surface area contributed by atoms with Crippen molar-refractivity contribution < 1.29 is 19.1 Å². The van der Waals surface area contributed by atoms with Crippen molar-refractivity contribution in [1.82, 2.24) is 4.90 Å². The molecule has 0 aromatic heterocycles. The Balaban J connectivity index is 1.44. The van der Waals surface area contributed by atoms with Crippen LogP contribution in [0.1, 0.15) is 38.8 Å². The van der Waals surface area contributed by atoms with Crippen LogP contribution in [0.5, 0.6) is 5.75 Å². The first-order valence-electron chi connectivity index (χ1n) is 10.6. The van der Waals surface area contributed by atoms with Crippen LogP contribution in [0.4, 0.5) is 10.1 Å². The van der Waals surface area contributed by atoms with Gasteiger partial charge in [-0.25, -0.2) is 4.39 Å². The molecule has 1 amide bonds. The van der Waals surface area contributed by atoms with Gasteiger partial charge in [0.1, 0.15) is 11.6 Å². The van der Waals surface area contributed by atoms with Crippen LogP contribution in [0.2, 0.25) is 0 Å². The number of hydrogen-bond acceptors (Lipinski definition) is 4. The molecule has 5 nitrogen and oxygen atoms in total. The standard InChI is InChI=1S/C26H25FN2O3/c1-18(30)21-8-9-24(23(27)17-21)28-11-13-29(14-12-28)26(32)22-16-20(7-10-25(22)31)15-19-5-3-2-4-6-19/h2-10,16-17,31H,11-15H2,1H3. The van der Waals surface area contributed by atoms with E-state index in [1.807, 2.05) is 41.3 Å². The van der Waals surface area contributed by atoms with Crippen LogP contribution in [-0.4, -0.2) is 47.9 Å². The van der Waals surface area contributed by atoms with Gasteiger partial charge in [0.2, 0.25) is 0 Å². The van der Waals surface area contributed by atoms with Gasteiger partial charge in [0.25, 0.3) is 5.91 Å². The van der Waals surface area contributed by atoms with Crippen LogP contribution in [0.25, 0.3) is 0 Å². The number of carbonyl (C=O) groups is 2. The zero-order chi connectivity index (χ0) is 22.7. The third-order valence-electron chi connectivity index (χ3n) is 5.80. The van der Waals surface area contributed by atoms with Gasteiger partial charge in [0.05, 0.1) is 11.3 Å². The average molecular weight is 432 g/mol. The Kier molecular flexibility index (Phi) is 6.21. The van der Waals surface area contributed by atoms with Crippen molar-refractivity contribution in [2.24, 2.45) is 0 Å². The van der Waals surface area contributed by atoms with Crippen molar-refractivity contribution in [2.45, 2.75) is 13.3 Å². The lowest BCUT2D eigenvalue weighted by Gasteiger charge is -2.36. The highest BCUT2D eigenvalue weighted by Crippen LogP contribution is 2.25. The topological polar surface area (TPSA) is 60.9 Å². The van der Waals surface area contributed by atoms with Gasteiger partial charge < -0.3 is 14.9 Å². The zero-order valence-corrected chi connectivity index (χ0v) is 17.9. The van der Waals surface area contributed by atoms with E-state index in [0.29, 0.717) is 43.9 Å². The molecule has 1 saturated heterocycles. The van der Waals surface area contributed by atoms with Crippen molar-refractivity contribution in [3.63, 3.8) is 0 Å². The number of piperazine rings is 1. The van der Waals surface area contributed by atoms with Crippen LogP contribution in [-0.2, 0) is 6.42 Å². The molecule has 0 bridgehead atoms. The van der Waals surface area contributed by atoms with Gasteiger partial charge in [-0.3, -0.25) is 9.59 Å². The lowest BCUT2D eigenvalue weighted by Crippen LogP contribution is -2.49. The third kappa shape index (κ3) is 4.64. The summed E-state index contributed by atoms with van der Waals surface area (Å²) in [4.78, 5) is 28.1. The van der Waals surface area contributed by atoms with Crippen LogP contribution in [0.15, 0.2) is 66.7 Å². The maximum atomic E-state index is 14.5. The van der Waals surface area contributed by atoms with E-state index in [0.717, 1.165) is 11.1 Å². The largest absolute Gasteiger partial charge is 0.507 e. The molecule has 0 atom stereocenters. The number of amides is 1. The summed E-state index contributed by atoms with van der Waals surface area (Å²) in [7, 11) is 0. The number of nitrogens with zero attached hydrogens (tertiary/aromatic N) is 2. The summed E-state index contributed by atoms with van der Waals surface area (Å²) < 4.78 is 14.5. The summed E-state index contributed by atoms with van der Waals surface area (Å²) in [6, 6.07) is 19.6. The van der Waals surface area contributed by atoms with Crippen LogP contribution < -0.4 is 4.90 Å². The minimum absolute atomic E-state index is 0.0416. The summed E-state index contributed by atoms with van der Waals surface area (Å²) in [5, 5.41) is 10.3. The zero-order valence-electron chi connectivity index (χ0n) is 17.9. The van der Waals surface area contributed by atoms with Crippen LogP contribution in [0, 0.1) is 5.82 Å². The maximum Gasteiger partial charge on any atom is 0.257 e. The van der Waals surface area contributed by atoms with E-state index in [1.54, 1.807) is 29.2 Å². The number of phenolic OH excluding ortho intramolecular Hbond substituents is 1. The number of phenols is 1. The Morgan fingerprint density at radius 3 is 2.28 bits per heavy atom. The second-order valence-corrected chi connectivity index (χ2v) is 8.02. The van der Waals surface area contributed by atoms with Crippen molar-refractivity contribution in [3.05, 3.63) is 94.8 Å². The fourth-order valence-electron chi connectivity index (χ4n) is 4.00. The van der Waals surface area contributed by atoms with Gasteiger partial charge in [-0.05, 0) is 54.8 Å². The first-order chi connectivity index (χ1) is 15.4. The summed E-state index contributed by atoms with van der Waals surface area (Å²) >= 11 is 0. The van der Waals surface area contributed by atoms with Gasteiger partial charge in [-0.15, -0.1) is 0 Å². The van der Waals surface area contributed by atoms with Gasteiger partial charge in [-0.2, -0.15) is 0 Å². The smallest absolute Gasteiger partial charge is 0.257 e. The Morgan fingerprint density at radius 1 is 0.906 bits per heavy atom. The third-order valence-corrected chi connectivity index (χ3v) is 5.80. The van der Waals surface area contributed by atoms with Crippen LogP contribution in [0.3, 0.4) is 0 Å². The highest BCUT2D eigenvalue weighted by atomic mass is 19.1. The van der Waals surface area contributed by atoms with Gasteiger partial charge in [0.15, 0.2) is 5.78 Å². The highest BCUT2D eigenvalue weighted by Gasteiger charge is 2.25. The lowest BCUT2D eigenvalue weighted by molar-refractivity contribution is 0.0743. The quantitative estimate of drug-likeness (QED) is 0.611. The number of aromatic hydroxyl groups is 1. The lowest BCUT2D eigenvalue weighted by atomic mass is 10.0. The van der Waals surface area contributed by atoms with E-state index in [4.69, 9.17) is 0 Å². The van der Waals surface area contributed by atoms with Crippen molar-refractivity contribution in [3.8, 4) is 5.75 Å². The van der Waals surface area contributed by atoms with Crippen LogP contribution >= 0.6 is 0 Å². The van der Waals surface area contributed by atoms with E-state index in [-0.39, 0.29) is 23.0 Å². The number of rotatable bonds is 5. The molecule has 1 fully saturated rings. The SMILES string of the molecule is CC(=O)c1ccc(N2CCN(C(=O)c3cc(Cc4ccccc4)ccc3O)CC2)c(F)c1. The molecule has 0 aliphatic carbocycles. The minimum Gasteiger partial charge on any atom is -0.507 e. The predicted octanol–water partition coefficient (Wildman–Crippen LogP) is 4.29. The van der Waals surface area contributed by atoms with E-state index in [2.05, 4.69) is 0 Å². The molecular weight excluding hydrogens is 407 g/mol. The summed E-state index contributed by atoms with van der Waals surface area (Å²) in [6.45, 7) is 3.16. The molecule has 6 heteroatoms. The summed E-state index contributed by atoms with van der Waals surface area (Å²) in [5.41, 5.74) is 3.12. The normalized spacial score (nSPS) is 13.8. The van der Waals surface area contributed by atoms with Gasteiger partial charge >= 0.3 is 0 Å². The molecule has 32 heavy (non-hydrogen) atoms. The summed E-state index contributed by atoms with van der Waals surface area (Å²) in [5.74, 6) is -0.895. The molecular formula is C26H25FN2O3. The number of anilines is 1. The molecule has 0 unspecified atom stereocenters. The molecule has 0 spiro atoms. The van der Waals surface area contributed by atoms with E-state index in [1.165, 1.54) is 13.0 Å². The molecule has 0 radical (unpaired) electrons. The number of hydrogen-bond donors (Lipinski definition) is 1. The maximum absolute atomic E-state index is 14.5. The number of benzene rings is 3. The van der Waals surface area contributed by atoms with E-state index in [9.17, 15) is 19.1 Å². The average Bonchev–Trinajstić information content (AvgIpc) is 2.80. The predicted molar refractivity (Wildman–Crippen MR) is 122 cm³/mol. The Morgan fingerprint density at radius 2 is 1.62 bits per heavy atom. The van der Waals surface area contributed by atoms with E-state index < -0.39 is 5.82 Å². The fourth-order valence-corrected chi connectivity index (χ4v) is 4.00. The molecule has 4 rings (SSSR count). The molecule has 1 aliphatic heterocycles. The number of ketones is 1. The Labute approximate surface area is 186 Å². The Bertz CT molecular complexity index is 1140. The summed E-state index contributed by atoms with van der Waals surface area (Å²) in [6.07, 6.45) is 0.671. The van der Waals surface area contributed by atoms with Crippen molar-refractivity contribution in [2.75, 3.05) is 31.1 Å². The first-order valence-corrected chi connectivity index (χ1v) is 10.6. The molecule has 0 saturated carbocycles. The second kappa shape index (κ2) is 9.22. The van der Waals surface area contributed by atoms with Gasteiger partial charge in [-0.1, -0.05) is 36.4 Å². The number of halogens is 1. The van der Waals surface area contributed by atoms with Gasteiger partial charge in [0, 0.05) is 31.7 Å². The minimum atomic E-state index is -0.441. The first kappa shape index (κ1) is 21.6. The van der Waals surface area contributed by atoms with Crippen molar-refractivity contribution >= 4 is 17.4 Å². The monoisotopic (exact) mass is 432 g/mol. The van der Waals surface area contributed by atoms with E-state index >= 15 is 0 Å². The molecule has 1 heterocycles. The number of Topliss-reactive ketones (excluding diaryl/α,β-unsaturated/α-hetero) is 1. The molecule has 1 aliphatic rings. The molecule has 3 aromatic rings. The Hall–Kier alpha value is -3.67. The van der Waals surface area contributed by atoms with Crippen molar-refractivity contribution in [1.29, 1.82) is 0 Å². The number of carbonyl (C=O) groups excluding carboxylic acids is 2. The molecule has 164 valence electrons. The second-order valence-electron chi connectivity index (χ2n) is 8.02. The fraction of sp³-hybridized carbons (Fsp3) is 0.231. The molecule has 1 N–H and O–H groups in total. The highest BCUT2D eigenvalue weighted by molar-refractivity contribution is 5.97.